The molecule has 0 fully saturated rings. The minimum Gasteiger partial charge on any atom is -0.496 e. The number of rotatable bonds is 3. The zero-order valence-electron chi connectivity index (χ0n) is 9.91. The molecule has 1 atom stereocenters. The molecule has 1 aromatic carbocycles. The third kappa shape index (κ3) is 2.72. The molecule has 0 radical (unpaired) electrons. The van der Waals surface area contributed by atoms with Crippen molar-refractivity contribution < 1.29 is 9.84 Å². The van der Waals surface area contributed by atoms with Gasteiger partial charge in [-0.1, -0.05) is 17.7 Å². The zero-order valence-corrected chi connectivity index (χ0v) is 13.1. The summed E-state index contributed by atoms with van der Waals surface area (Å²) in [5.41, 5.74) is 1.83. The molecular weight excluding hydrogens is 336 g/mol. The standard InChI is InChI=1S/C13H12BrClO2S/c1-7-5-11(18-13(7)14)12(16)9-4-3-8(15)6-10(9)17-2/h3-6,12,16H,1-2H3. The average Bonchev–Trinajstić information content (AvgIpc) is 2.68. The highest BCUT2D eigenvalue weighted by Gasteiger charge is 2.18. The minimum absolute atomic E-state index is 0.589. The monoisotopic (exact) mass is 346 g/mol. The highest BCUT2D eigenvalue weighted by atomic mass is 79.9. The first-order valence-corrected chi connectivity index (χ1v) is 7.29. The summed E-state index contributed by atoms with van der Waals surface area (Å²) >= 11 is 10.9. The second-order valence-electron chi connectivity index (χ2n) is 3.89. The molecule has 0 aliphatic heterocycles. The molecule has 1 aromatic heterocycles. The Kier molecular flexibility index (Phi) is 4.33. The Morgan fingerprint density at radius 3 is 2.67 bits per heavy atom. The Bertz CT molecular complexity index is 549. The van der Waals surface area contributed by atoms with Gasteiger partial charge < -0.3 is 9.84 Å². The molecule has 0 aliphatic rings. The molecule has 96 valence electrons. The summed E-state index contributed by atoms with van der Waals surface area (Å²) in [6.07, 6.45) is -0.702. The second kappa shape index (κ2) is 5.61. The first-order chi connectivity index (χ1) is 8.52. The van der Waals surface area contributed by atoms with Crippen LogP contribution in [0.25, 0.3) is 0 Å². The number of thiophene rings is 1. The molecule has 2 rings (SSSR count). The topological polar surface area (TPSA) is 29.5 Å². The smallest absolute Gasteiger partial charge is 0.126 e. The van der Waals surface area contributed by atoms with Crippen LogP contribution in [0, 0.1) is 6.92 Å². The number of hydrogen-bond acceptors (Lipinski definition) is 3. The van der Waals surface area contributed by atoms with Crippen LogP contribution in [-0.4, -0.2) is 12.2 Å². The lowest BCUT2D eigenvalue weighted by Gasteiger charge is -2.13. The number of methoxy groups -OCH3 is 1. The lowest BCUT2D eigenvalue weighted by atomic mass is 10.1. The van der Waals surface area contributed by atoms with Gasteiger partial charge in [0.2, 0.25) is 0 Å². The van der Waals surface area contributed by atoms with Gasteiger partial charge in [-0.05, 0) is 46.6 Å². The van der Waals surface area contributed by atoms with Crippen LogP contribution in [0.2, 0.25) is 5.02 Å². The van der Waals surface area contributed by atoms with Crippen molar-refractivity contribution in [3.63, 3.8) is 0 Å². The van der Waals surface area contributed by atoms with Crippen LogP contribution in [-0.2, 0) is 0 Å². The molecule has 1 heterocycles. The number of halogens is 2. The molecule has 1 unspecified atom stereocenters. The van der Waals surface area contributed by atoms with E-state index in [0.717, 1.165) is 19.8 Å². The molecule has 0 saturated carbocycles. The Hall–Kier alpha value is -0.550. The lowest BCUT2D eigenvalue weighted by molar-refractivity contribution is 0.218. The van der Waals surface area contributed by atoms with Crippen molar-refractivity contribution in [3.05, 3.63) is 49.1 Å². The van der Waals surface area contributed by atoms with Crippen molar-refractivity contribution in [3.8, 4) is 5.75 Å². The van der Waals surface area contributed by atoms with E-state index < -0.39 is 6.10 Å². The van der Waals surface area contributed by atoms with E-state index in [1.165, 1.54) is 11.3 Å². The van der Waals surface area contributed by atoms with Crippen molar-refractivity contribution >= 4 is 38.9 Å². The Morgan fingerprint density at radius 2 is 2.11 bits per heavy atom. The van der Waals surface area contributed by atoms with Gasteiger partial charge in [0.05, 0.1) is 10.9 Å². The van der Waals surface area contributed by atoms with Gasteiger partial charge in [-0.2, -0.15) is 0 Å². The molecule has 0 bridgehead atoms. The highest BCUT2D eigenvalue weighted by molar-refractivity contribution is 9.11. The van der Waals surface area contributed by atoms with E-state index >= 15 is 0 Å². The maximum Gasteiger partial charge on any atom is 0.126 e. The van der Waals surface area contributed by atoms with E-state index in [-0.39, 0.29) is 0 Å². The van der Waals surface area contributed by atoms with Crippen molar-refractivity contribution in [1.82, 2.24) is 0 Å². The van der Waals surface area contributed by atoms with E-state index in [2.05, 4.69) is 15.9 Å². The van der Waals surface area contributed by atoms with Gasteiger partial charge in [0.1, 0.15) is 11.9 Å². The molecule has 1 N–H and O–H groups in total. The van der Waals surface area contributed by atoms with Gasteiger partial charge in [-0.3, -0.25) is 0 Å². The minimum atomic E-state index is -0.702. The largest absolute Gasteiger partial charge is 0.496 e. The van der Waals surface area contributed by atoms with Gasteiger partial charge in [0.15, 0.2) is 0 Å². The van der Waals surface area contributed by atoms with E-state index in [9.17, 15) is 5.11 Å². The third-order valence-electron chi connectivity index (χ3n) is 2.64. The second-order valence-corrected chi connectivity index (χ2v) is 6.73. The maximum absolute atomic E-state index is 10.4. The number of ether oxygens (including phenoxy) is 1. The first kappa shape index (κ1) is 13.9. The highest BCUT2D eigenvalue weighted by Crippen LogP contribution is 2.37. The van der Waals surface area contributed by atoms with E-state index in [4.69, 9.17) is 16.3 Å². The predicted molar refractivity (Wildman–Crippen MR) is 78.8 cm³/mol. The third-order valence-corrected chi connectivity index (χ3v) is 5.06. The summed E-state index contributed by atoms with van der Waals surface area (Å²) in [7, 11) is 1.57. The molecule has 0 amide bonds. The van der Waals surface area contributed by atoms with E-state index in [1.807, 2.05) is 13.0 Å². The molecule has 2 nitrogen and oxygen atoms in total. The van der Waals surface area contributed by atoms with Crippen LogP contribution in [0.15, 0.2) is 28.1 Å². The summed E-state index contributed by atoms with van der Waals surface area (Å²) in [6, 6.07) is 7.20. The quantitative estimate of drug-likeness (QED) is 0.882. The predicted octanol–water partition coefficient (Wildman–Crippen LogP) is 4.56. The summed E-state index contributed by atoms with van der Waals surface area (Å²) in [5, 5.41) is 11.0. The molecule has 18 heavy (non-hydrogen) atoms. The molecule has 2 aromatic rings. The molecule has 5 heteroatoms. The molecule has 0 aliphatic carbocycles. The van der Waals surface area contributed by atoms with Crippen LogP contribution in [0.5, 0.6) is 5.75 Å². The fourth-order valence-electron chi connectivity index (χ4n) is 1.68. The molecule has 0 saturated heterocycles. The first-order valence-electron chi connectivity index (χ1n) is 5.30. The Morgan fingerprint density at radius 1 is 1.39 bits per heavy atom. The van der Waals surface area contributed by atoms with Crippen molar-refractivity contribution in [2.24, 2.45) is 0 Å². The van der Waals surface area contributed by atoms with Gasteiger partial charge >= 0.3 is 0 Å². The normalized spacial score (nSPS) is 12.5. The summed E-state index contributed by atoms with van der Waals surface area (Å²) in [4.78, 5) is 0.875. The molecule has 0 spiro atoms. The average molecular weight is 348 g/mol. The summed E-state index contributed by atoms with van der Waals surface area (Å²) in [5.74, 6) is 0.595. The van der Waals surface area contributed by atoms with Crippen LogP contribution in [0.3, 0.4) is 0 Å². The van der Waals surface area contributed by atoms with Crippen LogP contribution >= 0.6 is 38.9 Å². The summed E-state index contributed by atoms with van der Waals surface area (Å²) in [6.45, 7) is 2.00. The van der Waals surface area contributed by atoms with Crippen molar-refractivity contribution in [1.29, 1.82) is 0 Å². The van der Waals surface area contributed by atoms with E-state index in [1.54, 1.807) is 25.3 Å². The van der Waals surface area contributed by atoms with Crippen LogP contribution in [0.1, 0.15) is 22.1 Å². The Balaban J connectivity index is 2.42. The van der Waals surface area contributed by atoms with Crippen LogP contribution in [0.4, 0.5) is 0 Å². The van der Waals surface area contributed by atoms with Gasteiger partial charge in [-0.15, -0.1) is 11.3 Å². The zero-order chi connectivity index (χ0) is 13.3. The van der Waals surface area contributed by atoms with Crippen LogP contribution < -0.4 is 4.74 Å². The fourth-order valence-corrected chi connectivity index (χ4v) is 3.42. The SMILES string of the molecule is COc1cc(Cl)ccc1C(O)c1cc(C)c(Br)s1. The van der Waals surface area contributed by atoms with Crippen molar-refractivity contribution in [2.75, 3.05) is 7.11 Å². The number of aliphatic hydroxyl groups excluding tert-OH is 1. The number of aryl methyl sites for hydroxylation is 1. The Labute approximate surface area is 123 Å². The van der Waals surface area contributed by atoms with Gasteiger partial charge in [0, 0.05) is 15.5 Å². The summed E-state index contributed by atoms with van der Waals surface area (Å²) < 4.78 is 6.29. The fraction of sp³-hybridized carbons (Fsp3) is 0.231. The van der Waals surface area contributed by atoms with E-state index in [0.29, 0.717) is 10.8 Å². The number of hydrogen-bond donors (Lipinski definition) is 1. The maximum atomic E-state index is 10.4. The van der Waals surface area contributed by atoms with Gasteiger partial charge in [0.25, 0.3) is 0 Å². The number of benzene rings is 1. The van der Waals surface area contributed by atoms with Gasteiger partial charge in [-0.25, -0.2) is 0 Å². The van der Waals surface area contributed by atoms with Crippen molar-refractivity contribution in [2.45, 2.75) is 13.0 Å². The molecular formula is C13H12BrClO2S. The number of aliphatic hydroxyl groups is 1. The lowest BCUT2D eigenvalue weighted by Crippen LogP contribution is -2.00.